The minimum Gasteiger partial charge on any atom is -0.507 e. The smallest absolute Gasteiger partial charge is 0.341 e. The van der Waals surface area contributed by atoms with Crippen molar-refractivity contribution >= 4 is 17.6 Å². The van der Waals surface area contributed by atoms with Crippen LogP contribution in [0.25, 0.3) is 0 Å². The third-order valence-electron chi connectivity index (χ3n) is 4.95. The van der Waals surface area contributed by atoms with Gasteiger partial charge in [0.05, 0.1) is 12.1 Å². The Kier molecular flexibility index (Phi) is 6.45. The van der Waals surface area contributed by atoms with Gasteiger partial charge in [-0.3, -0.25) is 0 Å². The SMILES string of the molecule is COC(=O)c1c(O)cc(O)c(Cl)c1CCc1ccccc1Cc1cccc(C)c1. The number of hydrogen-bond acceptors (Lipinski definition) is 4. The van der Waals surface area contributed by atoms with Crippen molar-refractivity contribution in [3.05, 3.63) is 93.0 Å². The van der Waals surface area contributed by atoms with Crippen LogP contribution in [0.2, 0.25) is 5.02 Å². The average Bonchev–Trinajstić information content (AvgIpc) is 2.70. The summed E-state index contributed by atoms with van der Waals surface area (Å²) in [5.41, 5.74) is 5.10. The van der Waals surface area contributed by atoms with Crippen LogP contribution in [0.1, 0.15) is 38.2 Å². The minimum atomic E-state index is -0.688. The van der Waals surface area contributed by atoms with Gasteiger partial charge in [-0.2, -0.15) is 0 Å². The second-order valence-corrected chi connectivity index (χ2v) is 7.39. The molecule has 29 heavy (non-hydrogen) atoms. The van der Waals surface area contributed by atoms with Crippen molar-refractivity contribution in [1.82, 2.24) is 0 Å². The summed E-state index contributed by atoms with van der Waals surface area (Å²) >= 11 is 6.26. The Labute approximate surface area is 175 Å². The lowest BCUT2D eigenvalue weighted by Gasteiger charge is -2.15. The van der Waals surface area contributed by atoms with E-state index < -0.39 is 5.97 Å². The quantitative estimate of drug-likeness (QED) is 0.546. The van der Waals surface area contributed by atoms with Crippen molar-refractivity contribution < 1.29 is 19.7 Å². The van der Waals surface area contributed by atoms with Gasteiger partial charge in [-0.15, -0.1) is 0 Å². The number of aromatic hydroxyl groups is 2. The Hall–Kier alpha value is -2.98. The summed E-state index contributed by atoms with van der Waals surface area (Å²) in [4.78, 5) is 12.1. The first-order chi connectivity index (χ1) is 13.9. The Morgan fingerprint density at radius 3 is 2.38 bits per heavy atom. The lowest BCUT2D eigenvalue weighted by molar-refractivity contribution is 0.0596. The zero-order valence-corrected chi connectivity index (χ0v) is 17.2. The molecule has 0 bridgehead atoms. The molecule has 4 nitrogen and oxygen atoms in total. The summed E-state index contributed by atoms with van der Waals surface area (Å²) in [5, 5.41) is 20.2. The number of benzene rings is 3. The molecule has 0 aliphatic rings. The van der Waals surface area contributed by atoms with Crippen molar-refractivity contribution in [2.24, 2.45) is 0 Å². The van der Waals surface area contributed by atoms with Crippen LogP contribution in [0.15, 0.2) is 54.6 Å². The highest BCUT2D eigenvalue weighted by Gasteiger charge is 2.23. The van der Waals surface area contributed by atoms with Gasteiger partial charge in [-0.05, 0) is 48.4 Å². The van der Waals surface area contributed by atoms with Crippen LogP contribution < -0.4 is 0 Å². The molecule has 2 N–H and O–H groups in total. The highest BCUT2D eigenvalue weighted by atomic mass is 35.5. The fourth-order valence-electron chi connectivity index (χ4n) is 3.52. The lowest BCUT2D eigenvalue weighted by atomic mass is 9.93. The molecule has 0 atom stereocenters. The maximum absolute atomic E-state index is 12.1. The topological polar surface area (TPSA) is 66.8 Å². The van der Waals surface area contributed by atoms with Crippen molar-refractivity contribution in [2.75, 3.05) is 7.11 Å². The lowest BCUT2D eigenvalue weighted by Crippen LogP contribution is -2.09. The maximum atomic E-state index is 12.1. The molecule has 0 amide bonds. The Morgan fingerprint density at radius 1 is 0.966 bits per heavy atom. The van der Waals surface area contributed by atoms with E-state index >= 15 is 0 Å². The molecular formula is C24H23ClO4. The summed E-state index contributed by atoms with van der Waals surface area (Å²) < 4.78 is 4.78. The van der Waals surface area contributed by atoms with E-state index in [-0.39, 0.29) is 22.1 Å². The van der Waals surface area contributed by atoms with Crippen LogP contribution in [-0.4, -0.2) is 23.3 Å². The number of carbonyl (C=O) groups is 1. The second kappa shape index (κ2) is 9.01. The van der Waals surface area contributed by atoms with E-state index in [9.17, 15) is 15.0 Å². The average molecular weight is 411 g/mol. The molecule has 0 saturated carbocycles. The number of aryl methyl sites for hydroxylation is 2. The third kappa shape index (κ3) is 4.72. The number of esters is 1. The van der Waals surface area contributed by atoms with Gasteiger partial charge in [-0.1, -0.05) is 65.7 Å². The molecular weight excluding hydrogens is 388 g/mol. The largest absolute Gasteiger partial charge is 0.507 e. The number of phenolic OH excluding ortho intramolecular Hbond substituents is 2. The fourth-order valence-corrected chi connectivity index (χ4v) is 3.77. The molecule has 0 aromatic heterocycles. The Balaban J connectivity index is 1.90. The number of ether oxygens (including phenoxy) is 1. The normalized spacial score (nSPS) is 10.7. The molecule has 0 heterocycles. The summed E-state index contributed by atoms with van der Waals surface area (Å²) in [6.07, 6.45) is 1.76. The zero-order chi connectivity index (χ0) is 21.0. The van der Waals surface area contributed by atoms with E-state index in [2.05, 4.69) is 31.2 Å². The van der Waals surface area contributed by atoms with Gasteiger partial charge in [0.15, 0.2) is 0 Å². The van der Waals surface area contributed by atoms with E-state index in [1.807, 2.05) is 24.3 Å². The molecule has 150 valence electrons. The van der Waals surface area contributed by atoms with Crippen LogP contribution in [0.4, 0.5) is 0 Å². The first-order valence-electron chi connectivity index (χ1n) is 9.34. The van der Waals surface area contributed by atoms with Crippen LogP contribution in [0, 0.1) is 6.92 Å². The first kappa shape index (κ1) is 20.7. The summed E-state index contributed by atoms with van der Waals surface area (Å²) in [6, 6.07) is 17.5. The summed E-state index contributed by atoms with van der Waals surface area (Å²) in [6.45, 7) is 2.07. The van der Waals surface area contributed by atoms with Gasteiger partial charge in [0.1, 0.15) is 17.1 Å². The molecule has 5 heteroatoms. The van der Waals surface area contributed by atoms with Crippen molar-refractivity contribution in [3.8, 4) is 11.5 Å². The van der Waals surface area contributed by atoms with Crippen LogP contribution in [-0.2, 0) is 24.0 Å². The van der Waals surface area contributed by atoms with Gasteiger partial charge in [0.25, 0.3) is 0 Å². The Morgan fingerprint density at radius 2 is 1.69 bits per heavy atom. The first-order valence-corrected chi connectivity index (χ1v) is 9.72. The predicted molar refractivity (Wildman–Crippen MR) is 114 cm³/mol. The molecule has 0 spiro atoms. The zero-order valence-electron chi connectivity index (χ0n) is 16.4. The monoisotopic (exact) mass is 410 g/mol. The molecule has 0 saturated heterocycles. The molecule has 0 fully saturated rings. The molecule has 3 aromatic rings. The highest BCUT2D eigenvalue weighted by Crippen LogP contribution is 2.37. The Bertz CT molecular complexity index is 1040. The molecule has 0 aliphatic heterocycles. The molecule has 3 rings (SSSR count). The number of phenols is 2. The predicted octanol–water partition coefficient (Wildman–Crippen LogP) is 5.22. The van der Waals surface area contributed by atoms with E-state index in [1.54, 1.807) is 0 Å². The van der Waals surface area contributed by atoms with E-state index in [0.29, 0.717) is 18.4 Å². The van der Waals surface area contributed by atoms with Crippen molar-refractivity contribution in [1.29, 1.82) is 0 Å². The third-order valence-corrected chi connectivity index (χ3v) is 5.37. The van der Waals surface area contributed by atoms with Gasteiger partial charge in [0, 0.05) is 6.07 Å². The van der Waals surface area contributed by atoms with E-state index in [0.717, 1.165) is 18.1 Å². The second-order valence-electron chi connectivity index (χ2n) is 7.01. The van der Waals surface area contributed by atoms with Crippen molar-refractivity contribution in [3.63, 3.8) is 0 Å². The van der Waals surface area contributed by atoms with Gasteiger partial charge in [-0.25, -0.2) is 4.79 Å². The highest BCUT2D eigenvalue weighted by molar-refractivity contribution is 6.33. The minimum absolute atomic E-state index is 0.00790. The van der Waals surface area contributed by atoms with E-state index in [4.69, 9.17) is 16.3 Å². The van der Waals surface area contributed by atoms with Crippen molar-refractivity contribution in [2.45, 2.75) is 26.2 Å². The molecule has 3 aromatic carbocycles. The summed E-state index contributed by atoms with van der Waals surface area (Å²) in [7, 11) is 1.24. The molecule has 0 unspecified atom stereocenters. The molecule has 0 aliphatic carbocycles. The van der Waals surface area contributed by atoms with Crippen LogP contribution >= 0.6 is 11.6 Å². The number of rotatable bonds is 6. The number of halogens is 1. The standard InChI is InChI=1S/C24H23ClO4/c1-15-6-5-7-16(12-15)13-18-9-4-3-8-17(18)10-11-19-22(24(28)29-2)20(26)14-21(27)23(19)25/h3-9,12,14,26-27H,10-11,13H2,1-2H3. The number of methoxy groups -OCH3 is 1. The summed E-state index contributed by atoms with van der Waals surface area (Å²) in [5.74, 6) is -1.30. The van der Waals surface area contributed by atoms with Gasteiger partial charge in [0.2, 0.25) is 0 Å². The number of hydrogen-bond donors (Lipinski definition) is 2. The maximum Gasteiger partial charge on any atom is 0.341 e. The number of carbonyl (C=O) groups excluding carboxylic acids is 1. The van der Waals surface area contributed by atoms with Gasteiger partial charge < -0.3 is 14.9 Å². The van der Waals surface area contributed by atoms with E-state index in [1.165, 1.54) is 23.8 Å². The van der Waals surface area contributed by atoms with Crippen LogP contribution in [0.3, 0.4) is 0 Å². The van der Waals surface area contributed by atoms with Gasteiger partial charge >= 0.3 is 5.97 Å². The fraction of sp³-hybridized carbons (Fsp3) is 0.208. The molecule has 0 radical (unpaired) electrons. The van der Waals surface area contributed by atoms with Crippen LogP contribution in [0.5, 0.6) is 11.5 Å².